The van der Waals surface area contributed by atoms with Crippen LogP contribution in [0.1, 0.15) is 88.7 Å². The summed E-state index contributed by atoms with van der Waals surface area (Å²) in [7, 11) is 0. The molecule has 36 heavy (non-hydrogen) atoms. The van der Waals surface area contributed by atoms with Gasteiger partial charge in [0.25, 0.3) is 0 Å². The fraction of sp³-hybridized carbons (Fsp3) is 0.441. The molecule has 1 aliphatic carbocycles. The van der Waals surface area contributed by atoms with Crippen LogP contribution in [0, 0.1) is 11.8 Å². The van der Waals surface area contributed by atoms with Crippen LogP contribution < -0.4 is 0 Å². The summed E-state index contributed by atoms with van der Waals surface area (Å²) < 4.78 is 0. The van der Waals surface area contributed by atoms with E-state index in [0.717, 1.165) is 31.1 Å². The average molecular weight is 483 g/mol. The van der Waals surface area contributed by atoms with Crippen molar-refractivity contribution < 1.29 is 9.90 Å². The number of carboxylic acid groups (broad SMARTS) is 1. The molecular formula is C34H42O2. The lowest BCUT2D eigenvalue weighted by atomic mass is 9.77. The SMILES string of the molecule is CCC[C@H]1CC[C@H](c2ccc(-c3ccccc3-c3ccc(CCCC(CC)C(=O)O)cc3)cc2)CC1. The Labute approximate surface area is 217 Å². The summed E-state index contributed by atoms with van der Waals surface area (Å²) in [5.74, 6) is 0.773. The minimum absolute atomic E-state index is 0.223. The summed E-state index contributed by atoms with van der Waals surface area (Å²) in [6.07, 6.45) is 11.4. The molecule has 1 atom stereocenters. The fourth-order valence-corrected chi connectivity index (χ4v) is 6.02. The Balaban J connectivity index is 1.42. The van der Waals surface area contributed by atoms with Gasteiger partial charge in [-0.3, -0.25) is 4.79 Å². The monoisotopic (exact) mass is 482 g/mol. The van der Waals surface area contributed by atoms with Gasteiger partial charge in [-0.15, -0.1) is 0 Å². The molecule has 3 aromatic carbocycles. The van der Waals surface area contributed by atoms with Gasteiger partial charge in [0.15, 0.2) is 0 Å². The molecule has 190 valence electrons. The smallest absolute Gasteiger partial charge is 0.306 e. The number of benzene rings is 3. The Morgan fingerprint density at radius 2 is 1.42 bits per heavy atom. The lowest BCUT2D eigenvalue weighted by Crippen LogP contribution is -2.13. The van der Waals surface area contributed by atoms with Crippen molar-refractivity contribution in [3.05, 3.63) is 83.9 Å². The van der Waals surface area contributed by atoms with Gasteiger partial charge < -0.3 is 5.11 Å². The molecule has 0 bridgehead atoms. The van der Waals surface area contributed by atoms with Gasteiger partial charge in [0.2, 0.25) is 0 Å². The second kappa shape index (κ2) is 12.9. The van der Waals surface area contributed by atoms with E-state index in [9.17, 15) is 9.90 Å². The highest BCUT2D eigenvalue weighted by molar-refractivity contribution is 5.83. The first-order valence-electron chi connectivity index (χ1n) is 14.1. The van der Waals surface area contributed by atoms with Crippen molar-refractivity contribution in [2.45, 2.75) is 84.0 Å². The molecule has 1 saturated carbocycles. The molecular weight excluding hydrogens is 440 g/mol. The maximum absolute atomic E-state index is 11.3. The van der Waals surface area contributed by atoms with Gasteiger partial charge >= 0.3 is 5.97 Å². The van der Waals surface area contributed by atoms with Gasteiger partial charge in [0.05, 0.1) is 5.92 Å². The third-order valence-corrected chi connectivity index (χ3v) is 8.29. The first kappa shape index (κ1) is 26.2. The van der Waals surface area contributed by atoms with Gasteiger partial charge in [-0.05, 0) is 96.6 Å². The molecule has 2 heteroatoms. The number of carboxylic acids is 1. The first-order valence-corrected chi connectivity index (χ1v) is 14.1. The molecule has 1 N–H and O–H groups in total. The van der Waals surface area contributed by atoms with Crippen molar-refractivity contribution in [2.75, 3.05) is 0 Å². The maximum Gasteiger partial charge on any atom is 0.306 e. The largest absolute Gasteiger partial charge is 0.481 e. The van der Waals surface area contributed by atoms with E-state index in [1.807, 2.05) is 6.92 Å². The quantitative estimate of drug-likeness (QED) is 0.295. The Morgan fingerprint density at radius 3 is 1.94 bits per heavy atom. The van der Waals surface area contributed by atoms with E-state index >= 15 is 0 Å². The number of carbonyl (C=O) groups is 1. The summed E-state index contributed by atoms with van der Waals surface area (Å²) in [5.41, 5.74) is 7.81. The molecule has 2 nitrogen and oxygen atoms in total. The highest BCUT2D eigenvalue weighted by atomic mass is 16.4. The molecule has 1 unspecified atom stereocenters. The van der Waals surface area contributed by atoms with Gasteiger partial charge in [-0.2, -0.15) is 0 Å². The van der Waals surface area contributed by atoms with Gasteiger partial charge in [-0.1, -0.05) is 99.5 Å². The Morgan fingerprint density at radius 1 is 0.833 bits per heavy atom. The minimum atomic E-state index is -0.670. The second-order valence-corrected chi connectivity index (χ2v) is 10.7. The second-order valence-electron chi connectivity index (χ2n) is 10.7. The zero-order valence-corrected chi connectivity index (χ0v) is 22.1. The first-order chi connectivity index (χ1) is 17.6. The van der Waals surface area contributed by atoms with Gasteiger partial charge in [0, 0.05) is 0 Å². The van der Waals surface area contributed by atoms with Crippen LogP contribution in [0.2, 0.25) is 0 Å². The van der Waals surface area contributed by atoms with Gasteiger partial charge in [0.1, 0.15) is 0 Å². The van der Waals surface area contributed by atoms with E-state index in [0.29, 0.717) is 6.42 Å². The molecule has 0 saturated heterocycles. The van der Waals surface area contributed by atoms with E-state index in [2.05, 4.69) is 79.7 Å². The summed E-state index contributed by atoms with van der Waals surface area (Å²) in [5, 5.41) is 9.26. The standard InChI is InChI=1S/C34H42O2/c1-3-8-25-13-17-28(18-14-25)29-21-23-31(24-22-29)33-12-6-5-11-32(33)30-19-15-26(16-20-30)9-7-10-27(4-2)34(35)36/h5-6,11-12,15-16,19-25,27-28H,3-4,7-10,13-14,17-18H2,1-2H3,(H,35,36)/t25-,27?,28-. The Hall–Kier alpha value is -2.87. The minimum Gasteiger partial charge on any atom is -0.481 e. The molecule has 1 aliphatic rings. The maximum atomic E-state index is 11.3. The van der Waals surface area contributed by atoms with Crippen molar-refractivity contribution in [3.63, 3.8) is 0 Å². The van der Waals surface area contributed by atoms with Crippen LogP contribution in [0.5, 0.6) is 0 Å². The molecule has 0 radical (unpaired) electrons. The summed E-state index contributed by atoms with van der Waals surface area (Å²) in [6.45, 7) is 4.26. The number of aliphatic carboxylic acids is 1. The fourth-order valence-electron chi connectivity index (χ4n) is 6.02. The number of aryl methyl sites for hydroxylation is 1. The highest BCUT2D eigenvalue weighted by Crippen LogP contribution is 2.39. The normalized spacial score (nSPS) is 18.6. The van der Waals surface area contributed by atoms with Crippen molar-refractivity contribution in [1.82, 2.24) is 0 Å². The van der Waals surface area contributed by atoms with Crippen LogP contribution in [-0.2, 0) is 11.2 Å². The number of hydrogen-bond donors (Lipinski definition) is 1. The zero-order chi connectivity index (χ0) is 25.3. The molecule has 3 aromatic rings. The molecule has 0 heterocycles. The lowest BCUT2D eigenvalue weighted by Gasteiger charge is -2.28. The van der Waals surface area contributed by atoms with Gasteiger partial charge in [-0.25, -0.2) is 0 Å². The predicted octanol–water partition coefficient (Wildman–Crippen LogP) is 9.53. The number of rotatable bonds is 11. The lowest BCUT2D eigenvalue weighted by molar-refractivity contribution is -0.142. The third kappa shape index (κ3) is 6.66. The summed E-state index contributed by atoms with van der Waals surface area (Å²) in [4.78, 5) is 11.3. The molecule has 0 amide bonds. The molecule has 4 rings (SSSR count). The van der Waals surface area contributed by atoms with Crippen LogP contribution in [0.15, 0.2) is 72.8 Å². The molecule has 0 spiro atoms. The van der Waals surface area contributed by atoms with E-state index in [1.54, 1.807) is 0 Å². The summed E-state index contributed by atoms with van der Waals surface area (Å²) in [6, 6.07) is 26.9. The molecule has 1 fully saturated rings. The summed E-state index contributed by atoms with van der Waals surface area (Å²) >= 11 is 0. The van der Waals surface area contributed by atoms with Crippen LogP contribution in [0.25, 0.3) is 22.3 Å². The molecule has 0 aromatic heterocycles. The van der Waals surface area contributed by atoms with Crippen LogP contribution in [0.4, 0.5) is 0 Å². The van der Waals surface area contributed by atoms with Crippen molar-refractivity contribution >= 4 is 5.97 Å². The van der Waals surface area contributed by atoms with E-state index in [4.69, 9.17) is 0 Å². The van der Waals surface area contributed by atoms with Crippen LogP contribution >= 0.6 is 0 Å². The van der Waals surface area contributed by atoms with Crippen molar-refractivity contribution in [1.29, 1.82) is 0 Å². The van der Waals surface area contributed by atoms with E-state index in [-0.39, 0.29) is 5.92 Å². The van der Waals surface area contributed by atoms with E-state index < -0.39 is 5.97 Å². The average Bonchev–Trinajstić information content (AvgIpc) is 2.92. The highest BCUT2D eigenvalue weighted by Gasteiger charge is 2.22. The third-order valence-electron chi connectivity index (χ3n) is 8.29. The molecule has 0 aliphatic heterocycles. The van der Waals surface area contributed by atoms with E-state index in [1.165, 1.54) is 71.9 Å². The van der Waals surface area contributed by atoms with Crippen molar-refractivity contribution in [3.8, 4) is 22.3 Å². The topological polar surface area (TPSA) is 37.3 Å². The van der Waals surface area contributed by atoms with Crippen LogP contribution in [-0.4, -0.2) is 11.1 Å². The predicted molar refractivity (Wildman–Crippen MR) is 151 cm³/mol. The zero-order valence-electron chi connectivity index (χ0n) is 22.1. The Bertz CT molecular complexity index is 1090. The number of hydrogen-bond acceptors (Lipinski definition) is 1. The van der Waals surface area contributed by atoms with Crippen molar-refractivity contribution in [2.24, 2.45) is 11.8 Å². The van der Waals surface area contributed by atoms with Crippen LogP contribution in [0.3, 0.4) is 0 Å². The Kier molecular flexibility index (Phi) is 9.39.